The lowest BCUT2D eigenvalue weighted by Gasteiger charge is -2.11. The Hall–Kier alpha value is -1.94. The van der Waals surface area contributed by atoms with Gasteiger partial charge in [-0.05, 0) is 36.8 Å². The van der Waals surface area contributed by atoms with Crippen LogP contribution in [0.3, 0.4) is 0 Å². The Labute approximate surface area is 114 Å². The van der Waals surface area contributed by atoms with E-state index in [9.17, 15) is 4.39 Å². The number of nitrogens with zero attached hydrogens (tertiary/aromatic N) is 3. The van der Waals surface area contributed by atoms with Crippen molar-refractivity contribution in [3.8, 4) is 5.69 Å². The molecule has 0 bridgehead atoms. The zero-order valence-corrected chi connectivity index (χ0v) is 11.0. The zero-order valence-electron chi connectivity index (χ0n) is 10.3. The van der Waals surface area contributed by atoms with Gasteiger partial charge in [-0.1, -0.05) is 0 Å². The number of alkyl halides is 1. The molecule has 96 valence electrons. The van der Waals surface area contributed by atoms with E-state index in [1.165, 1.54) is 12.1 Å². The Balaban J connectivity index is 2.34. The highest BCUT2D eigenvalue weighted by molar-refractivity contribution is 6.17. The SMILES string of the molecule is Cc1cc(F)ccc1-n1c(CCl)nc2cnccc21. The topological polar surface area (TPSA) is 30.7 Å². The Morgan fingerprint density at radius 1 is 1.32 bits per heavy atom. The summed E-state index contributed by atoms with van der Waals surface area (Å²) in [5.74, 6) is 0.755. The highest BCUT2D eigenvalue weighted by atomic mass is 35.5. The number of fused-ring (bicyclic) bond motifs is 1. The van der Waals surface area contributed by atoms with Gasteiger partial charge in [-0.15, -0.1) is 11.6 Å². The van der Waals surface area contributed by atoms with Crippen LogP contribution in [0.1, 0.15) is 11.4 Å². The van der Waals surface area contributed by atoms with Crippen LogP contribution in [0.2, 0.25) is 0 Å². The molecule has 0 spiro atoms. The number of hydrogen-bond acceptors (Lipinski definition) is 2. The van der Waals surface area contributed by atoms with Crippen LogP contribution in [0.25, 0.3) is 16.7 Å². The van der Waals surface area contributed by atoms with Crippen molar-refractivity contribution in [3.05, 3.63) is 53.9 Å². The summed E-state index contributed by atoms with van der Waals surface area (Å²) in [6.07, 6.45) is 3.40. The second-order valence-corrected chi connectivity index (χ2v) is 4.56. The number of aryl methyl sites for hydroxylation is 1. The molecule has 2 aromatic heterocycles. The maximum atomic E-state index is 13.2. The molecule has 0 N–H and O–H groups in total. The first-order valence-electron chi connectivity index (χ1n) is 5.84. The molecule has 0 amide bonds. The largest absolute Gasteiger partial charge is 0.295 e. The third-order valence-corrected chi connectivity index (χ3v) is 3.28. The minimum Gasteiger partial charge on any atom is -0.295 e. The Morgan fingerprint density at radius 3 is 2.89 bits per heavy atom. The zero-order chi connectivity index (χ0) is 13.4. The minimum absolute atomic E-state index is 0.250. The van der Waals surface area contributed by atoms with Gasteiger partial charge >= 0.3 is 0 Å². The molecule has 19 heavy (non-hydrogen) atoms. The van der Waals surface area contributed by atoms with E-state index in [4.69, 9.17) is 11.6 Å². The van der Waals surface area contributed by atoms with Crippen molar-refractivity contribution in [2.45, 2.75) is 12.8 Å². The monoisotopic (exact) mass is 275 g/mol. The van der Waals surface area contributed by atoms with Crippen molar-refractivity contribution in [1.29, 1.82) is 0 Å². The molecule has 2 heterocycles. The van der Waals surface area contributed by atoms with Gasteiger partial charge in [-0.25, -0.2) is 9.37 Å². The molecular formula is C14H11ClFN3. The summed E-state index contributed by atoms with van der Waals surface area (Å²) in [5.41, 5.74) is 3.41. The molecule has 0 fully saturated rings. The lowest BCUT2D eigenvalue weighted by molar-refractivity contribution is 0.626. The molecule has 0 saturated carbocycles. The lowest BCUT2D eigenvalue weighted by atomic mass is 10.2. The first kappa shape index (κ1) is 12.1. The summed E-state index contributed by atoms with van der Waals surface area (Å²) in [5, 5.41) is 0. The second kappa shape index (κ2) is 4.63. The van der Waals surface area contributed by atoms with Crippen molar-refractivity contribution >= 4 is 22.6 Å². The van der Waals surface area contributed by atoms with Crippen molar-refractivity contribution in [2.24, 2.45) is 0 Å². The van der Waals surface area contributed by atoms with Crippen LogP contribution in [0.15, 0.2) is 36.7 Å². The van der Waals surface area contributed by atoms with E-state index in [0.717, 1.165) is 28.1 Å². The number of halogens is 2. The smallest absolute Gasteiger partial charge is 0.129 e. The van der Waals surface area contributed by atoms with E-state index in [1.807, 2.05) is 17.6 Å². The van der Waals surface area contributed by atoms with Crippen molar-refractivity contribution in [3.63, 3.8) is 0 Å². The third-order valence-electron chi connectivity index (χ3n) is 3.05. The van der Waals surface area contributed by atoms with E-state index in [-0.39, 0.29) is 11.7 Å². The van der Waals surface area contributed by atoms with Crippen LogP contribution >= 0.6 is 11.6 Å². The van der Waals surface area contributed by atoms with Gasteiger partial charge < -0.3 is 0 Å². The molecule has 5 heteroatoms. The lowest BCUT2D eigenvalue weighted by Crippen LogP contribution is -2.01. The van der Waals surface area contributed by atoms with Crippen molar-refractivity contribution in [2.75, 3.05) is 0 Å². The Morgan fingerprint density at radius 2 is 2.16 bits per heavy atom. The first-order valence-corrected chi connectivity index (χ1v) is 6.38. The summed E-state index contributed by atoms with van der Waals surface area (Å²) in [6, 6.07) is 6.55. The molecule has 3 rings (SSSR count). The second-order valence-electron chi connectivity index (χ2n) is 4.29. The van der Waals surface area contributed by atoms with Crippen LogP contribution in [0, 0.1) is 12.7 Å². The number of pyridine rings is 1. The average molecular weight is 276 g/mol. The maximum absolute atomic E-state index is 13.2. The number of aromatic nitrogens is 3. The van der Waals surface area contributed by atoms with Gasteiger partial charge in [0.05, 0.1) is 23.3 Å². The molecule has 0 aliphatic rings. The molecule has 3 nitrogen and oxygen atoms in total. The van der Waals surface area contributed by atoms with Crippen LogP contribution in [-0.2, 0) is 5.88 Å². The fourth-order valence-corrected chi connectivity index (χ4v) is 2.39. The summed E-state index contributed by atoms with van der Waals surface area (Å²) in [4.78, 5) is 8.50. The normalized spacial score (nSPS) is 11.1. The van der Waals surface area contributed by atoms with E-state index >= 15 is 0 Å². The molecule has 0 radical (unpaired) electrons. The van der Waals surface area contributed by atoms with E-state index < -0.39 is 0 Å². The standard InChI is InChI=1S/C14H11ClFN3/c1-9-6-10(16)2-3-12(9)19-13-4-5-17-8-11(13)18-14(19)7-15/h2-6,8H,7H2,1H3. The third kappa shape index (κ3) is 1.98. The van der Waals surface area contributed by atoms with Gasteiger partial charge in [0, 0.05) is 6.20 Å². The van der Waals surface area contributed by atoms with Crippen LogP contribution in [0.5, 0.6) is 0 Å². The molecular weight excluding hydrogens is 265 g/mol. The number of rotatable bonds is 2. The fraction of sp³-hybridized carbons (Fsp3) is 0.143. The number of hydrogen-bond donors (Lipinski definition) is 0. The predicted molar refractivity (Wildman–Crippen MR) is 73.1 cm³/mol. The van der Waals surface area contributed by atoms with E-state index in [0.29, 0.717) is 0 Å². The predicted octanol–water partition coefficient (Wildman–Crippen LogP) is 3.61. The number of benzene rings is 1. The van der Waals surface area contributed by atoms with Gasteiger partial charge in [-0.2, -0.15) is 0 Å². The van der Waals surface area contributed by atoms with E-state index in [1.54, 1.807) is 18.5 Å². The molecule has 0 aliphatic carbocycles. The molecule has 3 aromatic rings. The van der Waals surface area contributed by atoms with Crippen LogP contribution in [0.4, 0.5) is 4.39 Å². The molecule has 0 saturated heterocycles. The molecule has 0 atom stereocenters. The average Bonchev–Trinajstić information content (AvgIpc) is 2.77. The summed E-state index contributed by atoms with van der Waals surface area (Å²) in [6.45, 7) is 1.86. The van der Waals surface area contributed by atoms with Gasteiger partial charge in [0.25, 0.3) is 0 Å². The number of imidazole rings is 1. The van der Waals surface area contributed by atoms with Crippen LogP contribution in [-0.4, -0.2) is 14.5 Å². The highest BCUT2D eigenvalue weighted by Gasteiger charge is 2.13. The summed E-state index contributed by atoms with van der Waals surface area (Å²) >= 11 is 5.96. The van der Waals surface area contributed by atoms with Gasteiger partial charge in [0.15, 0.2) is 0 Å². The molecule has 1 aromatic carbocycles. The van der Waals surface area contributed by atoms with Gasteiger partial charge in [-0.3, -0.25) is 9.55 Å². The molecule has 0 aliphatic heterocycles. The van der Waals surface area contributed by atoms with Crippen LogP contribution < -0.4 is 0 Å². The summed E-state index contributed by atoms with van der Waals surface area (Å²) < 4.78 is 15.2. The van der Waals surface area contributed by atoms with E-state index in [2.05, 4.69) is 9.97 Å². The summed E-state index contributed by atoms with van der Waals surface area (Å²) in [7, 11) is 0. The van der Waals surface area contributed by atoms with Crippen molar-refractivity contribution in [1.82, 2.24) is 14.5 Å². The van der Waals surface area contributed by atoms with Crippen molar-refractivity contribution < 1.29 is 4.39 Å². The Kier molecular flexibility index (Phi) is 2.95. The highest BCUT2D eigenvalue weighted by Crippen LogP contribution is 2.24. The van der Waals surface area contributed by atoms with Gasteiger partial charge in [0.2, 0.25) is 0 Å². The Bertz CT molecular complexity index is 752. The maximum Gasteiger partial charge on any atom is 0.129 e. The van der Waals surface area contributed by atoms with Gasteiger partial charge in [0.1, 0.15) is 17.2 Å². The minimum atomic E-state index is -0.250. The molecule has 0 unspecified atom stereocenters. The fourth-order valence-electron chi connectivity index (χ4n) is 2.21. The first-order chi connectivity index (χ1) is 9.20. The quantitative estimate of drug-likeness (QED) is 0.669.